The minimum Gasteiger partial charge on any atom is -0.504 e. The molecule has 156 valence electrons. The summed E-state index contributed by atoms with van der Waals surface area (Å²) in [5, 5.41) is 21.1. The highest BCUT2D eigenvalue weighted by Crippen LogP contribution is 2.63. The van der Waals surface area contributed by atoms with Crippen LogP contribution < -0.4 is 0 Å². The van der Waals surface area contributed by atoms with E-state index < -0.39 is 5.41 Å². The van der Waals surface area contributed by atoms with Crippen molar-refractivity contribution in [3.63, 3.8) is 0 Å². The molecule has 2 N–H and O–H groups in total. The number of phenols is 2. The van der Waals surface area contributed by atoms with Crippen molar-refractivity contribution in [2.45, 2.75) is 28.0 Å². The van der Waals surface area contributed by atoms with E-state index in [2.05, 4.69) is 4.90 Å². The number of likely N-dealkylation sites (tertiary alicyclic amines) is 1. The first kappa shape index (κ1) is 19.5. The van der Waals surface area contributed by atoms with Gasteiger partial charge in [-0.25, -0.2) is 4.39 Å². The Kier molecular flexibility index (Phi) is 4.38. The Morgan fingerprint density at radius 2 is 1.93 bits per heavy atom. The van der Waals surface area contributed by atoms with E-state index in [1.807, 2.05) is 19.2 Å². The molecule has 30 heavy (non-hydrogen) atoms. The summed E-state index contributed by atoms with van der Waals surface area (Å²) in [7, 11) is 3.52. The molecular formula is C23H22FNO4S. The van der Waals surface area contributed by atoms with Crippen molar-refractivity contribution in [3.05, 3.63) is 65.2 Å². The van der Waals surface area contributed by atoms with Gasteiger partial charge in [0, 0.05) is 40.8 Å². The van der Waals surface area contributed by atoms with E-state index in [1.54, 1.807) is 23.9 Å². The molecule has 1 fully saturated rings. The molecule has 2 aromatic carbocycles. The number of rotatable bonds is 3. The first-order valence-electron chi connectivity index (χ1n) is 9.82. The van der Waals surface area contributed by atoms with Gasteiger partial charge in [-0.2, -0.15) is 0 Å². The lowest BCUT2D eigenvalue weighted by atomic mass is 9.59. The van der Waals surface area contributed by atoms with Crippen LogP contribution >= 0.6 is 11.8 Å². The largest absolute Gasteiger partial charge is 0.504 e. The highest BCUT2D eigenvalue weighted by Gasteiger charge is 2.62. The fourth-order valence-corrected chi connectivity index (χ4v) is 7.01. The van der Waals surface area contributed by atoms with Gasteiger partial charge in [-0.15, -0.1) is 11.8 Å². The highest BCUT2D eigenvalue weighted by molar-refractivity contribution is 7.99. The van der Waals surface area contributed by atoms with E-state index in [9.17, 15) is 19.4 Å². The van der Waals surface area contributed by atoms with Gasteiger partial charge in [-0.05, 0) is 49.0 Å². The van der Waals surface area contributed by atoms with Crippen LogP contribution in [-0.4, -0.2) is 47.6 Å². The normalized spacial score (nSPS) is 29.9. The van der Waals surface area contributed by atoms with Gasteiger partial charge in [-0.3, -0.25) is 4.79 Å². The molecule has 0 spiro atoms. The van der Waals surface area contributed by atoms with Crippen molar-refractivity contribution in [3.8, 4) is 11.5 Å². The first-order chi connectivity index (χ1) is 14.4. The molecule has 1 heterocycles. The van der Waals surface area contributed by atoms with Crippen molar-refractivity contribution in [1.29, 1.82) is 0 Å². The lowest BCUT2D eigenvalue weighted by Crippen LogP contribution is -2.46. The molecule has 2 bridgehead atoms. The van der Waals surface area contributed by atoms with Crippen molar-refractivity contribution >= 4 is 17.5 Å². The van der Waals surface area contributed by atoms with Gasteiger partial charge in [0.15, 0.2) is 23.0 Å². The maximum atomic E-state index is 13.4. The van der Waals surface area contributed by atoms with Crippen LogP contribution in [0.3, 0.4) is 0 Å². The van der Waals surface area contributed by atoms with Crippen molar-refractivity contribution in [1.82, 2.24) is 4.90 Å². The highest BCUT2D eigenvalue weighted by atomic mass is 32.2. The second kappa shape index (κ2) is 6.75. The number of likely N-dealkylation sites (N-methyl/N-ethyl adjacent to an activating group) is 1. The summed E-state index contributed by atoms with van der Waals surface area (Å²) >= 11 is 1.60. The number of Topliss-reactive ketones (excluding diaryl/α,β-unsaturated/α-hetero) is 1. The van der Waals surface area contributed by atoms with Gasteiger partial charge >= 0.3 is 0 Å². The Morgan fingerprint density at radius 1 is 1.20 bits per heavy atom. The average Bonchev–Trinajstić information content (AvgIpc) is 2.94. The van der Waals surface area contributed by atoms with Crippen LogP contribution in [0.4, 0.5) is 4.39 Å². The Bertz CT molecular complexity index is 1070. The number of fused-ring (bicyclic) bond motifs is 1. The number of hydrogen-bond acceptors (Lipinski definition) is 6. The van der Waals surface area contributed by atoms with Crippen LogP contribution in [0.2, 0.25) is 0 Å². The second-order valence-corrected chi connectivity index (χ2v) is 9.53. The van der Waals surface area contributed by atoms with Crippen molar-refractivity contribution in [2.24, 2.45) is 5.92 Å². The topological polar surface area (TPSA) is 70.0 Å². The summed E-state index contributed by atoms with van der Waals surface area (Å²) in [6, 6.07) is 9.76. The number of halogens is 1. The molecule has 0 radical (unpaired) electrons. The number of hydrogen-bond donors (Lipinski definition) is 2. The zero-order valence-corrected chi connectivity index (χ0v) is 17.4. The molecule has 1 saturated heterocycles. The Balaban J connectivity index is 1.72. The molecule has 2 aromatic rings. The Labute approximate surface area is 178 Å². The number of methoxy groups -OCH3 is 1. The summed E-state index contributed by atoms with van der Waals surface area (Å²) in [5.74, 6) is -0.437. The Morgan fingerprint density at radius 3 is 2.63 bits per heavy atom. The van der Waals surface area contributed by atoms with Crippen LogP contribution in [0.25, 0.3) is 0 Å². The third-order valence-corrected chi connectivity index (χ3v) is 8.06. The van der Waals surface area contributed by atoms with E-state index in [0.29, 0.717) is 17.9 Å². The molecule has 2 aliphatic carbocycles. The molecule has 0 saturated carbocycles. The average molecular weight is 427 g/mol. The number of thioether (sulfide) groups is 1. The number of allylic oxidation sites excluding steroid dienone is 1. The lowest BCUT2D eigenvalue weighted by molar-refractivity contribution is -0.120. The van der Waals surface area contributed by atoms with Gasteiger partial charge in [0.1, 0.15) is 5.82 Å². The summed E-state index contributed by atoms with van der Waals surface area (Å²) in [6.07, 6.45) is 2.11. The van der Waals surface area contributed by atoms with E-state index in [4.69, 9.17) is 4.74 Å². The molecule has 0 aromatic heterocycles. The molecular weight excluding hydrogens is 405 g/mol. The maximum absolute atomic E-state index is 13.4. The zero-order valence-electron chi connectivity index (χ0n) is 16.6. The first-order valence-corrected chi connectivity index (χ1v) is 10.7. The minimum absolute atomic E-state index is 0.0507. The standard InChI is InChI=1S/C23H22FNO4S/c1-25-11-23-10-17(27)18(29-2)9-15(23)20(25)22(30-13-5-3-12(24)4-6-13)14-7-8-16(26)21(28)19(14)23/h3-9,15,20,22,26,28H,10-11H2,1-2H3/t15-,20-,22-,23+/m1/s1. The summed E-state index contributed by atoms with van der Waals surface area (Å²) < 4.78 is 18.8. The molecule has 0 unspecified atom stereocenters. The van der Waals surface area contributed by atoms with Crippen molar-refractivity contribution < 1.29 is 24.1 Å². The number of carbonyl (C=O) groups is 1. The number of carbonyl (C=O) groups excluding carboxylic acids is 1. The number of ether oxygens (including phenoxy) is 1. The number of nitrogens with zero attached hydrogens (tertiary/aromatic N) is 1. The molecule has 3 aliphatic rings. The van der Waals surface area contributed by atoms with Crippen LogP contribution in [0, 0.1) is 11.7 Å². The number of aromatic hydroxyl groups is 2. The van der Waals surface area contributed by atoms with Crippen LogP contribution in [0.15, 0.2) is 53.1 Å². The summed E-state index contributed by atoms with van der Waals surface area (Å²) in [6.45, 7) is 0.589. The molecule has 5 rings (SSSR count). The molecule has 5 nitrogen and oxygen atoms in total. The third-order valence-electron chi connectivity index (χ3n) is 6.73. The van der Waals surface area contributed by atoms with E-state index >= 15 is 0 Å². The number of ketones is 1. The summed E-state index contributed by atoms with van der Waals surface area (Å²) in [4.78, 5) is 15.9. The molecule has 1 aliphatic heterocycles. The smallest absolute Gasteiger partial charge is 0.197 e. The van der Waals surface area contributed by atoms with Gasteiger partial charge in [0.2, 0.25) is 0 Å². The maximum Gasteiger partial charge on any atom is 0.197 e. The van der Waals surface area contributed by atoms with Gasteiger partial charge in [0.25, 0.3) is 0 Å². The lowest BCUT2D eigenvalue weighted by Gasteiger charge is -2.46. The second-order valence-electron chi connectivity index (χ2n) is 8.31. The third kappa shape index (κ3) is 2.61. The predicted molar refractivity (Wildman–Crippen MR) is 111 cm³/mol. The van der Waals surface area contributed by atoms with Crippen molar-refractivity contribution in [2.75, 3.05) is 20.7 Å². The van der Waals surface area contributed by atoms with Crippen LogP contribution in [-0.2, 0) is 14.9 Å². The number of phenolic OH excluding ortho intramolecular Hbond substituents is 2. The monoisotopic (exact) mass is 427 g/mol. The fourth-order valence-electron chi connectivity index (χ4n) is 5.59. The SMILES string of the molecule is COC1=C[C@@H]2[C@@H]3[C@H](Sc4ccc(F)cc4)c4ccc(O)c(O)c4[C@@]2(CC1=O)CN3C. The van der Waals surface area contributed by atoms with Gasteiger partial charge < -0.3 is 19.8 Å². The van der Waals surface area contributed by atoms with E-state index in [1.165, 1.54) is 25.3 Å². The summed E-state index contributed by atoms with van der Waals surface area (Å²) in [5.41, 5.74) is 0.941. The van der Waals surface area contributed by atoms with E-state index in [0.717, 1.165) is 10.5 Å². The van der Waals surface area contributed by atoms with E-state index in [-0.39, 0.29) is 46.7 Å². The minimum atomic E-state index is -0.615. The van der Waals surface area contributed by atoms with Gasteiger partial charge in [-0.1, -0.05) is 6.07 Å². The molecule has 4 atom stereocenters. The van der Waals surface area contributed by atoms with Gasteiger partial charge in [0.05, 0.1) is 12.4 Å². The molecule has 7 heteroatoms. The fraction of sp³-hybridized carbons (Fsp3) is 0.348. The zero-order chi connectivity index (χ0) is 21.2. The number of benzene rings is 2. The predicted octanol–water partition coefficient (Wildman–Crippen LogP) is 3.76. The quantitative estimate of drug-likeness (QED) is 0.727. The van der Waals surface area contributed by atoms with Crippen LogP contribution in [0.1, 0.15) is 22.8 Å². The molecule has 0 amide bonds. The van der Waals surface area contributed by atoms with Crippen LogP contribution in [0.5, 0.6) is 11.5 Å². The Hall–Kier alpha value is -2.51.